The van der Waals surface area contributed by atoms with Gasteiger partial charge < -0.3 is 4.74 Å². The molecule has 1 saturated heterocycles. The van der Waals surface area contributed by atoms with E-state index >= 15 is 0 Å². The van der Waals surface area contributed by atoms with Crippen LogP contribution < -0.4 is 0 Å². The summed E-state index contributed by atoms with van der Waals surface area (Å²) >= 11 is 0. The number of benzene rings is 1. The first kappa shape index (κ1) is 14.1. The van der Waals surface area contributed by atoms with Crippen LogP contribution in [0.2, 0.25) is 0 Å². The van der Waals surface area contributed by atoms with E-state index in [9.17, 15) is 4.79 Å². The number of esters is 1. The summed E-state index contributed by atoms with van der Waals surface area (Å²) < 4.78 is 5.08. The van der Waals surface area contributed by atoms with Crippen molar-refractivity contribution in [2.75, 3.05) is 20.2 Å². The lowest BCUT2D eigenvalue weighted by molar-refractivity contribution is -0.155. The summed E-state index contributed by atoms with van der Waals surface area (Å²) in [5.41, 5.74) is 0.351. The third kappa shape index (κ3) is 2.81. The van der Waals surface area contributed by atoms with Crippen molar-refractivity contribution in [2.24, 2.45) is 0 Å². The molecular formula is C16H23NO2. The maximum Gasteiger partial charge on any atom is 0.330 e. The van der Waals surface area contributed by atoms with Crippen molar-refractivity contribution in [1.29, 1.82) is 0 Å². The molecule has 19 heavy (non-hydrogen) atoms. The van der Waals surface area contributed by atoms with Gasteiger partial charge in [0.25, 0.3) is 0 Å². The van der Waals surface area contributed by atoms with Crippen LogP contribution in [0.1, 0.15) is 38.2 Å². The lowest BCUT2D eigenvalue weighted by Crippen LogP contribution is -2.50. The second-order valence-electron chi connectivity index (χ2n) is 5.33. The molecule has 104 valence electrons. The highest BCUT2D eigenvalue weighted by Gasteiger charge is 2.42. The zero-order valence-electron chi connectivity index (χ0n) is 11.9. The summed E-state index contributed by atoms with van der Waals surface area (Å²) in [7, 11) is 1.47. The summed E-state index contributed by atoms with van der Waals surface area (Å²) in [5.74, 6) is -0.166. The minimum absolute atomic E-state index is 0.166. The lowest BCUT2D eigenvalue weighted by atomic mass is 9.89. The summed E-state index contributed by atoms with van der Waals surface area (Å²) in [5, 5.41) is 0. The fraction of sp³-hybridized carbons (Fsp3) is 0.562. The lowest BCUT2D eigenvalue weighted by Gasteiger charge is -2.38. The molecule has 1 fully saturated rings. The van der Waals surface area contributed by atoms with E-state index < -0.39 is 5.54 Å². The number of methoxy groups -OCH3 is 1. The minimum Gasteiger partial charge on any atom is -0.467 e. The molecule has 0 aliphatic carbocycles. The molecule has 3 nitrogen and oxygen atoms in total. The van der Waals surface area contributed by atoms with Crippen molar-refractivity contribution in [3.05, 3.63) is 35.9 Å². The van der Waals surface area contributed by atoms with E-state index in [4.69, 9.17) is 4.74 Å². The summed E-state index contributed by atoms with van der Waals surface area (Å²) in [6.45, 7) is 3.90. The molecule has 1 aliphatic rings. The van der Waals surface area contributed by atoms with Crippen molar-refractivity contribution < 1.29 is 9.53 Å². The Labute approximate surface area is 115 Å². The Morgan fingerprint density at radius 1 is 1.11 bits per heavy atom. The van der Waals surface area contributed by atoms with Gasteiger partial charge in [0.2, 0.25) is 0 Å². The number of nitrogens with zero attached hydrogens (tertiary/aromatic N) is 1. The summed E-state index contributed by atoms with van der Waals surface area (Å²) in [6, 6.07) is 9.97. The molecule has 3 heteroatoms. The van der Waals surface area contributed by atoms with E-state index in [1.807, 2.05) is 37.3 Å². The van der Waals surface area contributed by atoms with Gasteiger partial charge in [-0.1, -0.05) is 43.2 Å². The molecule has 1 atom stereocenters. The zero-order chi connectivity index (χ0) is 13.7. The highest BCUT2D eigenvalue weighted by molar-refractivity contribution is 5.82. The van der Waals surface area contributed by atoms with Gasteiger partial charge in [-0.05, 0) is 38.4 Å². The molecule has 0 saturated carbocycles. The monoisotopic (exact) mass is 261 g/mol. The Hall–Kier alpha value is -1.35. The van der Waals surface area contributed by atoms with Crippen molar-refractivity contribution >= 4 is 5.97 Å². The minimum atomic E-state index is -0.666. The molecule has 0 bridgehead atoms. The first-order chi connectivity index (χ1) is 9.19. The number of likely N-dealkylation sites (tertiary alicyclic amines) is 1. The van der Waals surface area contributed by atoms with Gasteiger partial charge in [0.15, 0.2) is 0 Å². The van der Waals surface area contributed by atoms with E-state index in [-0.39, 0.29) is 5.97 Å². The fourth-order valence-electron chi connectivity index (χ4n) is 2.91. The Bertz CT molecular complexity index is 410. The molecular weight excluding hydrogens is 238 g/mol. The summed E-state index contributed by atoms with van der Waals surface area (Å²) in [4.78, 5) is 14.7. The molecule has 0 N–H and O–H groups in total. The van der Waals surface area contributed by atoms with Crippen molar-refractivity contribution in [3.8, 4) is 0 Å². The molecule has 1 aromatic carbocycles. The molecule has 0 radical (unpaired) electrons. The van der Waals surface area contributed by atoms with E-state index in [0.717, 1.165) is 31.5 Å². The second-order valence-corrected chi connectivity index (χ2v) is 5.33. The Balaban J connectivity index is 2.36. The van der Waals surface area contributed by atoms with Crippen molar-refractivity contribution in [1.82, 2.24) is 4.90 Å². The second kappa shape index (κ2) is 6.20. The Kier molecular flexibility index (Phi) is 4.59. The SMILES string of the molecule is COC(=O)C(C)(c1ccccc1)N1CCCCCC1. The molecule has 0 spiro atoms. The molecule has 2 rings (SSSR count). The van der Waals surface area contributed by atoms with Gasteiger partial charge in [-0.15, -0.1) is 0 Å². The van der Waals surface area contributed by atoms with E-state index in [0.29, 0.717) is 0 Å². The summed E-state index contributed by atoms with van der Waals surface area (Å²) in [6.07, 6.45) is 4.81. The highest BCUT2D eigenvalue weighted by Crippen LogP contribution is 2.31. The van der Waals surface area contributed by atoms with Crippen molar-refractivity contribution in [3.63, 3.8) is 0 Å². The quantitative estimate of drug-likeness (QED) is 0.783. The Morgan fingerprint density at radius 3 is 2.21 bits per heavy atom. The molecule has 1 unspecified atom stereocenters. The van der Waals surface area contributed by atoms with E-state index in [1.54, 1.807) is 0 Å². The van der Waals surface area contributed by atoms with Crippen molar-refractivity contribution in [2.45, 2.75) is 38.1 Å². The van der Waals surface area contributed by atoms with Crippen LogP contribution in [-0.4, -0.2) is 31.1 Å². The average Bonchev–Trinajstić information content (AvgIpc) is 2.76. The van der Waals surface area contributed by atoms with Crippen LogP contribution in [0.5, 0.6) is 0 Å². The fourth-order valence-corrected chi connectivity index (χ4v) is 2.91. The van der Waals surface area contributed by atoms with Crippen LogP contribution in [0.25, 0.3) is 0 Å². The topological polar surface area (TPSA) is 29.5 Å². The van der Waals surface area contributed by atoms with Gasteiger partial charge >= 0.3 is 5.97 Å². The first-order valence-corrected chi connectivity index (χ1v) is 7.08. The number of hydrogen-bond donors (Lipinski definition) is 0. The van der Waals surface area contributed by atoms with Crippen LogP contribution in [0.4, 0.5) is 0 Å². The largest absolute Gasteiger partial charge is 0.467 e. The van der Waals surface area contributed by atoms with Crippen LogP contribution in [-0.2, 0) is 15.1 Å². The van der Waals surface area contributed by atoms with Gasteiger partial charge in [-0.25, -0.2) is 4.79 Å². The highest BCUT2D eigenvalue weighted by atomic mass is 16.5. The molecule has 0 aromatic heterocycles. The smallest absolute Gasteiger partial charge is 0.330 e. The predicted molar refractivity (Wildman–Crippen MR) is 75.9 cm³/mol. The number of carbonyl (C=O) groups excluding carboxylic acids is 1. The van der Waals surface area contributed by atoms with Gasteiger partial charge in [0.1, 0.15) is 5.54 Å². The van der Waals surface area contributed by atoms with Gasteiger partial charge in [0, 0.05) is 0 Å². The molecule has 1 aromatic rings. The van der Waals surface area contributed by atoms with Gasteiger partial charge in [-0.3, -0.25) is 4.90 Å². The molecule has 1 heterocycles. The Morgan fingerprint density at radius 2 is 1.68 bits per heavy atom. The zero-order valence-corrected chi connectivity index (χ0v) is 11.9. The third-order valence-corrected chi connectivity index (χ3v) is 4.16. The number of rotatable bonds is 3. The number of ether oxygens (including phenoxy) is 1. The maximum atomic E-state index is 12.4. The predicted octanol–water partition coefficient (Wildman–Crippen LogP) is 2.95. The molecule has 0 amide bonds. The van der Waals surface area contributed by atoms with E-state index in [1.165, 1.54) is 20.0 Å². The normalized spacial score (nSPS) is 20.3. The number of carbonyl (C=O) groups is 1. The maximum absolute atomic E-state index is 12.4. The number of hydrogen-bond acceptors (Lipinski definition) is 3. The van der Waals surface area contributed by atoms with Crippen LogP contribution in [0.3, 0.4) is 0 Å². The van der Waals surface area contributed by atoms with Crippen LogP contribution in [0.15, 0.2) is 30.3 Å². The van der Waals surface area contributed by atoms with E-state index in [2.05, 4.69) is 4.90 Å². The van der Waals surface area contributed by atoms with Crippen LogP contribution in [0, 0.1) is 0 Å². The third-order valence-electron chi connectivity index (χ3n) is 4.16. The van der Waals surface area contributed by atoms with Gasteiger partial charge in [-0.2, -0.15) is 0 Å². The first-order valence-electron chi connectivity index (χ1n) is 7.08. The average molecular weight is 261 g/mol. The molecule has 1 aliphatic heterocycles. The van der Waals surface area contributed by atoms with Crippen LogP contribution >= 0.6 is 0 Å². The van der Waals surface area contributed by atoms with Gasteiger partial charge in [0.05, 0.1) is 7.11 Å². The standard InChI is InChI=1S/C16H23NO2/c1-16(15(18)19-2,14-10-6-5-7-11-14)17-12-8-3-4-9-13-17/h5-7,10-11H,3-4,8-9,12-13H2,1-2H3.